The molecule has 7 heteroatoms. The van der Waals surface area contributed by atoms with E-state index in [2.05, 4.69) is 5.32 Å². The second-order valence-electron chi connectivity index (χ2n) is 5.36. The van der Waals surface area contributed by atoms with Gasteiger partial charge < -0.3 is 10.2 Å². The number of alkyl halides is 3. The third kappa shape index (κ3) is 2.69. The molecule has 2 aliphatic rings. The van der Waals surface area contributed by atoms with E-state index in [1.807, 2.05) is 0 Å². The van der Waals surface area contributed by atoms with Crippen LogP contribution in [0.25, 0.3) is 0 Å². The Morgan fingerprint density at radius 1 is 1.26 bits per heavy atom. The normalized spacial score (nSPS) is 27.6. The lowest BCUT2D eigenvalue weighted by molar-refractivity contribution is -0.178. The largest absolute Gasteiger partial charge is 0.406 e. The van der Waals surface area contributed by atoms with Crippen LogP contribution in [-0.2, 0) is 9.59 Å². The van der Waals surface area contributed by atoms with Gasteiger partial charge in [0.1, 0.15) is 18.1 Å². The first kappa shape index (κ1) is 14.1. The molecule has 2 fully saturated rings. The van der Waals surface area contributed by atoms with Gasteiger partial charge in [0.2, 0.25) is 11.8 Å². The van der Waals surface area contributed by atoms with Crippen LogP contribution in [0.3, 0.4) is 0 Å². The Bertz CT molecular complexity index is 389. The van der Waals surface area contributed by atoms with Crippen LogP contribution in [0, 0.1) is 0 Å². The lowest BCUT2D eigenvalue weighted by Crippen LogP contribution is -2.71. The number of halogens is 3. The molecule has 1 spiro atoms. The highest BCUT2D eigenvalue weighted by molar-refractivity contribution is 5.99. The number of nitrogens with one attached hydrogen (secondary N) is 1. The van der Waals surface area contributed by atoms with Crippen LogP contribution in [0.5, 0.6) is 0 Å². The fraction of sp³-hybridized carbons (Fsp3) is 0.833. The minimum absolute atomic E-state index is 0.429. The topological polar surface area (TPSA) is 49.4 Å². The van der Waals surface area contributed by atoms with Gasteiger partial charge in [0.05, 0.1) is 0 Å². The number of amides is 2. The maximum atomic E-state index is 12.5. The number of carbonyl (C=O) groups is 2. The van der Waals surface area contributed by atoms with E-state index in [0.717, 1.165) is 19.3 Å². The molecule has 1 saturated heterocycles. The molecule has 1 atom stereocenters. The van der Waals surface area contributed by atoms with Gasteiger partial charge in [-0.15, -0.1) is 0 Å². The Balaban J connectivity index is 2.25. The first-order valence-electron chi connectivity index (χ1n) is 6.45. The molecule has 1 heterocycles. The van der Waals surface area contributed by atoms with Crippen molar-refractivity contribution in [1.29, 1.82) is 0 Å². The van der Waals surface area contributed by atoms with Gasteiger partial charge in [-0.3, -0.25) is 9.59 Å². The summed E-state index contributed by atoms with van der Waals surface area (Å²) in [5.41, 5.74) is -1.10. The van der Waals surface area contributed by atoms with Crippen molar-refractivity contribution in [2.75, 3.05) is 6.54 Å². The van der Waals surface area contributed by atoms with E-state index in [9.17, 15) is 22.8 Å². The zero-order valence-electron chi connectivity index (χ0n) is 10.7. The van der Waals surface area contributed by atoms with E-state index in [-0.39, 0.29) is 0 Å². The SMILES string of the molecule is CC1C(=O)NC2(CCCCC2)C(=O)N1CC(F)(F)F. The summed E-state index contributed by atoms with van der Waals surface area (Å²) < 4.78 is 37.6. The van der Waals surface area contributed by atoms with Crippen molar-refractivity contribution in [3.8, 4) is 0 Å². The summed E-state index contributed by atoms with van der Waals surface area (Å²) in [4.78, 5) is 24.9. The van der Waals surface area contributed by atoms with E-state index in [1.165, 1.54) is 6.92 Å². The van der Waals surface area contributed by atoms with Crippen LogP contribution in [0.1, 0.15) is 39.0 Å². The molecule has 2 amide bonds. The zero-order chi connectivity index (χ0) is 14.3. The van der Waals surface area contributed by atoms with Gasteiger partial charge in [-0.1, -0.05) is 19.3 Å². The smallest absolute Gasteiger partial charge is 0.340 e. The number of carbonyl (C=O) groups excluding carboxylic acids is 2. The number of nitrogens with zero attached hydrogens (tertiary/aromatic N) is 1. The summed E-state index contributed by atoms with van der Waals surface area (Å²) in [5, 5.41) is 2.65. The average molecular weight is 278 g/mol. The standard InChI is InChI=1S/C12H17F3N2O2/c1-8-9(18)16-11(5-3-2-4-6-11)10(19)17(8)7-12(13,14)15/h8H,2-7H2,1H3,(H,16,18). The molecule has 1 aliphatic heterocycles. The van der Waals surface area contributed by atoms with Gasteiger partial charge in [0, 0.05) is 0 Å². The van der Waals surface area contributed by atoms with E-state index < -0.39 is 36.1 Å². The van der Waals surface area contributed by atoms with Crippen LogP contribution in [0.15, 0.2) is 0 Å². The van der Waals surface area contributed by atoms with E-state index in [0.29, 0.717) is 17.7 Å². The Morgan fingerprint density at radius 2 is 1.84 bits per heavy atom. The number of hydrogen-bond donors (Lipinski definition) is 1. The second-order valence-corrected chi connectivity index (χ2v) is 5.36. The molecule has 1 unspecified atom stereocenters. The van der Waals surface area contributed by atoms with Crippen LogP contribution in [0.2, 0.25) is 0 Å². The fourth-order valence-corrected chi connectivity index (χ4v) is 2.88. The van der Waals surface area contributed by atoms with Gasteiger partial charge in [0.25, 0.3) is 0 Å². The highest BCUT2D eigenvalue weighted by Crippen LogP contribution is 2.34. The molecule has 0 bridgehead atoms. The summed E-state index contributed by atoms with van der Waals surface area (Å²) in [7, 11) is 0. The molecule has 2 rings (SSSR count). The lowest BCUT2D eigenvalue weighted by atomic mass is 9.78. The molecule has 4 nitrogen and oxygen atoms in total. The van der Waals surface area contributed by atoms with Crippen molar-refractivity contribution >= 4 is 11.8 Å². The molecule has 1 saturated carbocycles. The first-order chi connectivity index (χ1) is 8.75. The van der Waals surface area contributed by atoms with Gasteiger partial charge in [-0.2, -0.15) is 13.2 Å². The predicted octanol–water partition coefficient (Wildman–Crippen LogP) is 1.60. The Hall–Kier alpha value is -1.27. The molecule has 1 aliphatic carbocycles. The summed E-state index contributed by atoms with van der Waals surface area (Å²) in [6.07, 6.45) is -1.19. The van der Waals surface area contributed by atoms with Crippen LogP contribution >= 0.6 is 0 Å². The van der Waals surface area contributed by atoms with E-state index in [1.54, 1.807) is 0 Å². The van der Waals surface area contributed by atoms with Crippen LogP contribution in [0.4, 0.5) is 13.2 Å². The van der Waals surface area contributed by atoms with E-state index >= 15 is 0 Å². The molecular weight excluding hydrogens is 261 g/mol. The molecule has 108 valence electrons. The number of rotatable bonds is 1. The number of piperazine rings is 1. The van der Waals surface area contributed by atoms with Crippen molar-refractivity contribution in [3.05, 3.63) is 0 Å². The average Bonchev–Trinajstić information content (AvgIpc) is 2.32. The highest BCUT2D eigenvalue weighted by atomic mass is 19.4. The summed E-state index contributed by atoms with van der Waals surface area (Å²) in [6, 6.07) is -1.07. The van der Waals surface area contributed by atoms with Crippen molar-refractivity contribution in [3.63, 3.8) is 0 Å². The molecule has 1 N–H and O–H groups in total. The predicted molar refractivity (Wildman–Crippen MR) is 61.2 cm³/mol. The first-order valence-corrected chi connectivity index (χ1v) is 6.45. The van der Waals surface area contributed by atoms with Gasteiger partial charge >= 0.3 is 6.18 Å². The van der Waals surface area contributed by atoms with Crippen molar-refractivity contribution in [2.45, 2.75) is 56.8 Å². The van der Waals surface area contributed by atoms with Gasteiger partial charge in [-0.25, -0.2) is 0 Å². The fourth-order valence-electron chi connectivity index (χ4n) is 2.88. The molecule has 0 radical (unpaired) electrons. The maximum absolute atomic E-state index is 12.5. The third-order valence-corrected chi connectivity index (χ3v) is 3.94. The molecular formula is C12H17F3N2O2. The van der Waals surface area contributed by atoms with Crippen LogP contribution < -0.4 is 5.32 Å². The lowest BCUT2D eigenvalue weighted by Gasteiger charge is -2.46. The molecule has 0 aromatic carbocycles. The molecule has 0 aromatic heterocycles. The minimum Gasteiger partial charge on any atom is -0.340 e. The Labute approximate surface area is 109 Å². The second kappa shape index (κ2) is 4.68. The van der Waals surface area contributed by atoms with E-state index in [4.69, 9.17) is 0 Å². The van der Waals surface area contributed by atoms with Crippen molar-refractivity contribution in [2.24, 2.45) is 0 Å². The quantitative estimate of drug-likeness (QED) is 0.792. The summed E-state index contributed by atoms with van der Waals surface area (Å²) in [6.45, 7) is -0.0309. The Morgan fingerprint density at radius 3 is 2.37 bits per heavy atom. The molecule has 0 aromatic rings. The van der Waals surface area contributed by atoms with Crippen molar-refractivity contribution in [1.82, 2.24) is 10.2 Å². The van der Waals surface area contributed by atoms with Gasteiger partial charge in [-0.05, 0) is 19.8 Å². The monoisotopic (exact) mass is 278 g/mol. The Kier molecular flexibility index (Phi) is 3.49. The maximum Gasteiger partial charge on any atom is 0.406 e. The van der Waals surface area contributed by atoms with Gasteiger partial charge in [0.15, 0.2) is 0 Å². The summed E-state index contributed by atoms with van der Waals surface area (Å²) in [5.74, 6) is -1.08. The van der Waals surface area contributed by atoms with Crippen molar-refractivity contribution < 1.29 is 22.8 Å². The highest BCUT2D eigenvalue weighted by Gasteiger charge is 2.52. The summed E-state index contributed by atoms with van der Waals surface area (Å²) >= 11 is 0. The zero-order valence-corrected chi connectivity index (χ0v) is 10.7. The molecule has 19 heavy (non-hydrogen) atoms. The number of hydrogen-bond acceptors (Lipinski definition) is 2. The third-order valence-electron chi connectivity index (χ3n) is 3.94. The van der Waals surface area contributed by atoms with Crippen LogP contribution in [-0.4, -0.2) is 41.0 Å². The minimum atomic E-state index is -4.49.